The van der Waals surface area contributed by atoms with E-state index in [0.29, 0.717) is 10.6 Å². The summed E-state index contributed by atoms with van der Waals surface area (Å²) in [5, 5.41) is 10.1. The second-order valence-electron chi connectivity index (χ2n) is 3.66. The molecule has 16 heavy (non-hydrogen) atoms. The number of hydrogen-bond donors (Lipinski definition) is 0. The number of benzene rings is 1. The summed E-state index contributed by atoms with van der Waals surface area (Å²) in [5.74, 6) is -1.92. The maximum atomic E-state index is 11.5. The standard InChI is InChI=1S/C10H8N2O4/c1-5-3-6(2)8-7(4-5)11(12(15)16)10(14)9(8)13/h3-4H,1-2H3. The maximum absolute atomic E-state index is 11.5. The van der Waals surface area contributed by atoms with E-state index in [2.05, 4.69) is 0 Å². The van der Waals surface area contributed by atoms with Crippen LogP contribution in [0, 0.1) is 24.0 Å². The molecule has 0 unspecified atom stereocenters. The third-order valence-electron chi connectivity index (χ3n) is 2.46. The minimum atomic E-state index is -1.10. The summed E-state index contributed by atoms with van der Waals surface area (Å²) >= 11 is 0. The van der Waals surface area contributed by atoms with Gasteiger partial charge in [-0.25, -0.2) is 10.1 Å². The van der Waals surface area contributed by atoms with E-state index in [-0.39, 0.29) is 11.3 Å². The number of amides is 1. The van der Waals surface area contributed by atoms with Crippen molar-refractivity contribution in [2.75, 3.05) is 5.01 Å². The van der Waals surface area contributed by atoms with E-state index in [9.17, 15) is 19.7 Å². The molecule has 6 nitrogen and oxygen atoms in total. The number of ketones is 1. The number of carbonyl (C=O) groups is 2. The second-order valence-corrected chi connectivity index (χ2v) is 3.66. The topological polar surface area (TPSA) is 80.5 Å². The van der Waals surface area contributed by atoms with Crippen molar-refractivity contribution in [1.29, 1.82) is 0 Å². The molecule has 1 aromatic carbocycles. The molecule has 1 amide bonds. The van der Waals surface area contributed by atoms with Gasteiger partial charge in [-0.15, -0.1) is 0 Å². The zero-order valence-corrected chi connectivity index (χ0v) is 8.68. The van der Waals surface area contributed by atoms with Crippen molar-refractivity contribution < 1.29 is 14.6 Å². The second kappa shape index (κ2) is 3.13. The van der Waals surface area contributed by atoms with Crippen molar-refractivity contribution in [3.05, 3.63) is 38.9 Å². The van der Waals surface area contributed by atoms with E-state index < -0.39 is 16.7 Å². The van der Waals surface area contributed by atoms with Crippen LogP contribution in [0.2, 0.25) is 0 Å². The molecule has 2 rings (SSSR count). The predicted octanol–water partition coefficient (Wildman–Crippen LogP) is 1.02. The Hall–Kier alpha value is -2.24. The molecule has 1 aliphatic heterocycles. The van der Waals surface area contributed by atoms with Crippen LogP contribution in [0.4, 0.5) is 5.69 Å². The van der Waals surface area contributed by atoms with Crippen LogP contribution in [0.25, 0.3) is 0 Å². The van der Waals surface area contributed by atoms with Crippen molar-refractivity contribution in [2.24, 2.45) is 0 Å². The highest BCUT2D eigenvalue weighted by Gasteiger charge is 2.44. The van der Waals surface area contributed by atoms with Gasteiger partial charge < -0.3 is 0 Å². The lowest BCUT2D eigenvalue weighted by Gasteiger charge is -2.06. The number of carbonyl (C=O) groups excluding carboxylic acids is 2. The quantitative estimate of drug-likeness (QED) is 0.402. The number of anilines is 1. The van der Waals surface area contributed by atoms with Crippen molar-refractivity contribution in [2.45, 2.75) is 13.8 Å². The average Bonchev–Trinajstić information content (AvgIpc) is 2.38. The molecule has 1 aliphatic rings. The van der Waals surface area contributed by atoms with Crippen LogP contribution in [0.3, 0.4) is 0 Å². The monoisotopic (exact) mass is 220 g/mol. The van der Waals surface area contributed by atoms with Gasteiger partial charge in [-0.3, -0.25) is 9.59 Å². The predicted molar refractivity (Wildman–Crippen MR) is 54.7 cm³/mol. The van der Waals surface area contributed by atoms with Gasteiger partial charge in [0.25, 0.3) is 5.78 Å². The molecular weight excluding hydrogens is 212 g/mol. The van der Waals surface area contributed by atoms with E-state index in [1.54, 1.807) is 19.9 Å². The Labute approximate surface area is 90.6 Å². The third kappa shape index (κ3) is 1.19. The Bertz CT molecular complexity index is 536. The molecule has 6 heteroatoms. The fourth-order valence-corrected chi connectivity index (χ4v) is 1.88. The van der Waals surface area contributed by atoms with Crippen LogP contribution in [0.1, 0.15) is 21.5 Å². The molecule has 0 spiro atoms. The fraction of sp³-hybridized carbons (Fsp3) is 0.200. The van der Waals surface area contributed by atoms with Crippen LogP contribution in [0.5, 0.6) is 0 Å². The van der Waals surface area contributed by atoms with Gasteiger partial charge in [0.1, 0.15) is 5.69 Å². The summed E-state index contributed by atoms with van der Waals surface area (Å²) < 4.78 is 0. The first kappa shape index (κ1) is 10.3. The molecule has 0 aromatic heterocycles. The Kier molecular flexibility index (Phi) is 2.01. The first-order valence-electron chi connectivity index (χ1n) is 4.58. The molecule has 0 radical (unpaired) electrons. The molecule has 1 aromatic rings. The minimum absolute atomic E-state index is 0.0671. The van der Waals surface area contributed by atoms with Crippen molar-refractivity contribution in [1.82, 2.24) is 0 Å². The van der Waals surface area contributed by atoms with Crippen LogP contribution in [-0.2, 0) is 4.79 Å². The summed E-state index contributed by atoms with van der Waals surface area (Å²) in [6.07, 6.45) is 0. The van der Waals surface area contributed by atoms with Crippen molar-refractivity contribution in [3.63, 3.8) is 0 Å². The lowest BCUT2D eigenvalue weighted by Crippen LogP contribution is -2.34. The molecule has 0 fully saturated rings. The number of nitrogens with zero attached hydrogens (tertiary/aromatic N) is 2. The maximum Gasteiger partial charge on any atom is 0.360 e. The van der Waals surface area contributed by atoms with Crippen LogP contribution >= 0.6 is 0 Å². The van der Waals surface area contributed by atoms with Gasteiger partial charge in [-0.2, -0.15) is 0 Å². The van der Waals surface area contributed by atoms with E-state index in [1.165, 1.54) is 6.07 Å². The molecule has 0 aliphatic carbocycles. The van der Waals surface area contributed by atoms with Crippen LogP contribution in [0.15, 0.2) is 12.1 Å². The summed E-state index contributed by atoms with van der Waals surface area (Å²) in [5.41, 5.74) is 1.55. The van der Waals surface area contributed by atoms with Gasteiger partial charge in [0.15, 0.2) is 5.03 Å². The molecule has 0 saturated carbocycles. The SMILES string of the molecule is Cc1cc(C)c2c(c1)N([N+](=O)[O-])C(=O)C2=O. The summed E-state index contributed by atoms with van der Waals surface area (Å²) in [7, 11) is 0. The molecule has 82 valence electrons. The van der Waals surface area contributed by atoms with Gasteiger partial charge in [-0.1, -0.05) is 6.07 Å². The van der Waals surface area contributed by atoms with E-state index in [4.69, 9.17) is 0 Å². The minimum Gasteiger partial charge on any atom is -0.283 e. The largest absolute Gasteiger partial charge is 0.360 e. The number of nitro groups is 1. The van der Waals surface area contributed by atoms with Gasteiger partial charge in [-0.05, 0) is 36.0 Å². The molecule has 1 heterocycles. The Balaban J connectivity index is 2.75. The van der Waals surface area contributed by atoms with E-state index in [1.807, 2.05) is 0 Å². The van der Waals surface area contributed by atoms with E-state index in [0.717, 1.165) is 5.56 Å². The third-order valence-corrected chi connectivity index (χ3v) is 2.46. The highest BCUT2D eigenvalue weighted by molar-refractivity contribution is 6.52. The fourth-order valence-electron chi connectivity index (χ4n) is 1.88. The normalized spacial score (nSPS) is 14.2. The van der Waals surface area contributed by atoms with E-state index >= 15 is 0 Å². The Morgan fingerprint density at radius 1 is 1.25 bits per heavy atom. The van der Waals surface area contributed by atoms with Crippen LogP contribution < -0.4 is 5.01 Å². The Morgan fingerprint density at radius 3 is 2.44 bits per heavy atom. The molecule has 0 atom stereocenters. The number of Topliss-reactive ketones (excluding diaryl/α,β-unsaturated/α-hetero) is 1. The molecule has 0 saturated heterocycles. The van der Waals surface area contributed by atoms with Crippen molar-refractivity contribution in [3.8, 4) is 0 Å². The summed E-state index contributed by atoms with van der Waals surface area (Å²) in [6.45, 7) is 3.40. The summed E-state index contributed by atoms with van der Waals surface area (Å²) in [4.78, 5) is 33.7. The van der Waals surface area contributed by atoms with Gasteiger partial charge in [0, 0.05) is 0 Å². The van der Waals surface area contributed by atoms with Gasteiger partial charge in [0.2, 0.25) is 0 Å². The Morgan fingerprint density at radius 2 is 1.88 bits per heavy atom. The molecule has 0 N–H and O–H groups in total. The van der Waals surface area contributed by atoms with Crippen LogP contribution in [-0.4, -0.2) is 16.7 Å². The number of hydrogen-bond acceptors (Lipinski definition) is 4. The first-order chi connectivity index (χ1) is 7.43. The lowest BCUT2D eigenvalue weighted by molar-refractivity contribution is -0.482. The highest BCUT2D eigenvalue weighted by atomic mass is 16.7. The number of hydrazine groups is 1. The smallest absolute Gasteiger partial charge is 0.283 e. The van der Waals surface area contributed by atoms with Gasteiger partial charge >= 0.3 is 5.91 Å². The zero-order valence-electron chi connectivity index (χ0n) is 8.68. The highest BCUT2D eigenvalue weighted by Crippen LogP contribution is 2.32. The molecule has 0 bridgehead atoms. The number of fused-ring (bicyclic) bond motifs is 1. The van der Waals surface area contributed by atoms with Gasteiger partial charge in [0.05, 0.1) is 5.56 Å². The first-order valence-corrected chi connectivity index (χ1v) is 4.58. The average molecular weight is 220 g/mol. The summed E-state index contributed by atoms with van der Waals surface area (Å²) in [6, 6.07) is 3.18. The number of aryl methyl sites for hydroxylation is 2. The van der Waals surface area contributed by atoms with Crippen molar-refractivity contribution >= 4 is 17.4 Å². The lowest BCUT2D eigenvalue weighted by atomic mass is 10.0. The molecular formula is C10H8N2O4. The number of rotatable bonds is 1. The zero-order chi connectivity index (χ0) is 12.0.